The molecule has 0 saturated heterocycles. The fourth-order valence-corrected chi connectivity index (χ4v) is 1.54. The third kappa shape index (κ3) is 4.22. The van der Waals surface area contributed by atoms with E-state index in [2.05, 4.69) is 0 Å². The van der Waals surface area contributed by atoms with Crippen molar-refractivity contribution in [2.24, 2.45) is 5.73 Å². The molecule has 5 heteroatoms. The quantitative estimate of drug-likeness (QED) is 0.766. The van der Waals surface area contributed by atoms with E-state index in [4.69, 9.17) is 10.5 Å². The summed E-state index contributed by atoms with van der Waals surface area (Å²) in [5, 5.41) is 0. The standard InChI is InChI=1S/C13H18F3NO/c1-2-10(17)6-9-7-11(15)13(12(16)8-9)18-5-3-4-14/h7-8,10H,2-6,17H2,1H3. The number of ether oxygens (including phenoxy) is 1. The van der Waals surface area contributed by atoms with Gasteiger partial charge in [0.2, 0.25) is 0 Å². The molecule has 0 fully saturated rings. The Labute approximate surface area is 105 Å². The van der Waals surface area contributed by atoms with E-state index in [1.54, 1.807) is 0 Å². The Balaban J connectivity index is 2.77. The van der Waals surface area contributed by atoms with Crippen LogP contribution in [0.25, 0.3) is 0 Å². The minimum Gasteiger partial charge on any atom is -0.488 e. The van der Waals surface area contributed by atoms with Gasteiger partial charge >= 0.3 is 0 Å². The van der Waals surface area contributed by atoms with Crippen LogP contribution in [0.15, 0.2) is 12.1 Å². The molecule has 0 radical (unpaired) electrons. The maximum atomic E-state index is 13.6. The predicted octanol–water partition coefficient (Wildman–Crippen LogP) is 2.98. The summed E-state index contributed by atoms with van der Waals surface area (Å²) in [5.74, 6) is -1.99. The van der Waals surface area contributed by atoms with Crippen molar-refractivity contribution < 1.29 is 17.9 Å². The molecule has 1 aromatic rings. The maximum Gasteiger partial charge on any atom is 0.190 e. The highest BCUT2D eigenvalue weighted by Gasteiger charge is 2.13. The number of rotatable bonds is 7. The normalized spacial score (nSPS) is 12.5. The molecule has 0 aromatic heterocycles. The highest BCUT2D eigenvalue weighted by atomic mass is 19.1. The largest absolute Gasteiger partial charge is 0.488 e. The second-order valence-electron chi connectivity index (χ2n) is 4.15. The number of hydrogen-bond acceptors (Lipinski definition) is 2. The lowest BCUT2D eigenvalue weighted by atomic mass is 10.0. The molecule has 102 valence electrons. The summed E-state index contributed by atoms with van der Waals surface area (Å²) in [7, 11) is 0. The Hall–Kier alpha value is -1.23. The molecule has 0 spiro atoms. The van der Waals surface area contributed by atoms with E-state index in [1.165, 1.54) is 12.1 Å². The molecular formula is C13H18F3NO. The third-order valence-electron chi connectivity index (χ3n) is 2.60. The first-order valence-corrected chi connectivity index (χ1v) is 6.00. The molecule has 1 atom stereocenters. The Bertz CT molecular complexity index is 361. The summed E-state index contributed by atoms with van der Waals surface area (Å²) in [6.45, 7) is 1.29. The summed E-state index contributed by atoms with van der Waals surface area (Å²) in [6.07, 6.45) is 1.26. The molecule has 0 aliphatic heterocycles. The first kappa shape index (κ1) is 14.8. The third-order valence-corrected chi connectivity index (χ3v) is 2.60. The average Bonchev–Trinajstić information content (AvgIpc) is 2.32. The average molecular weight is 261 g/mol. The number of alkyl halides is 1. The molecular weight excluding hydrogens is 243 g/mol. The van der Waals surface area contributed by atoms with Gasteiger partial charge in [-0.05, 0) is 30.5 Å². The maximum absolute atomic E-state index is 13.6. The molecule has 0 saturated carbocycles. The van der Waals surface area contributed by atoms with Crippen LogP contribution in [0, 0.1) is 11.6 Å². The van der Waals surface area contributed by atoms with E-state index in [0.717, 1.165) is 6.42 Å². The topological polar surface area (TPSA) is 35.2 Å². The fraction of sp³-hybridized carbons (Fsp3) is 0.538. The van der Waals surface area contributed by atoms with Crippen LogP contribution in [0.2, 0.25) is 0 Å². The SMILES string of the molecule is CCC(N)Cc1cc(F)c(OCCCF)c(F)c1. The molecule has 0 aliphatic carbocycles. The van der Waals surface area contributed by atoms with Crippen LogP contribution in [0.1, 0.15) is 25.3 Å². The number of benzene rings is 1. The zero-order valence-electron chi connectivity index (χ0n) is 10.4. The highest BCUT2D eigenvalue weighted by molar-refractivity contribution is 5.31. The summed E-state index contributed by atoms with van der Waals surface area (Å²) < 4.78 is 43.9. The molecule has 1 rings (SSSR count). The Morgan fingerprint density at radius 1 is 1.28 bits per heavy atom. The van der Waals surface area contributed by atoms with Crippen molar-refractivity contribution in [2.45, 2.75) is 32.2 Å². The van der Waals surface area contributed by atoms with Gasteiger partial charge in [-0.15, -0.1) is 0 Å². The van der Waals surface area contributed by atoms with Crippen LogP contribution >= 0.6 is 0 Å². The van der Waals surface area contributed by atoms with Gasteiger partial charge in [-0.25, -0.2) is 8.78 Å². The second kappa shape index (κ2) is 7.26. The summed E-state index contributed by atoms with van der Waals surface area (Å²) >= 11 is 0. The molecule has 0 amide bonds. The van der Waals surface area contributed by atoms with Crippen LogP contribution in [0.5, 0.6) is 5.75 Å². The van der Waals surface area contributed by atoms with Crippen molar-refractivity contribution in [3.05, 3.63) is 29.3 Å². The van der Waals surface area contributed by atoms with E-state index in [-0.39, 0.29) is 19.1 Å². The van der Waals surface area contributed by atoms with Gasteiger partial charge in [0.05, 0.1) is 13.3 Å². The van der Waals surface area contributed by atoms with Crippen LogP contribution in [0.3, 0.4) is 0 Å². The molecule has 1 aromatic carbocycles. The predicted molar refractivity (Wildman–Crippen MR) is 64.4 cm³/mol. The van der Waals surface area contributed by atoms with Gasteiger partial charge in [-0.3, -0.25) is 4.39 Å². The summed E-state index contributed by atoms with van der Waals surface area (Å²) in [4.78, 5) is 0. The molecule has 1 unspecified atom stereocenters. The Morgan fingerprint density at radius 2 is 1.89 bits per heavy atom. The van der Waals surface area contributed by atoms with Gasteiger partial charge in [-0.2, -0.15) is 0 Å². The lowest BCUT2D eigenvalue weighted by Gasteiger charge is -2.12. The monoisotopic (exact) mass is 261 g/mol. The molecule has 0 heterocycles. The van der Waals surface area contributed by atoms with Gasteiger partial charge in [0.25, 0.3) is 0 Å². The van der Waals surface area contributed by atoms with Crippen LogP contribution in [-0.4, -0.2) is 19.3 Å². The van der Waals surface area contributed by atoms with Crippen LogP contribution < -0.4 is 10.5 Å². The van der Waals surface area contributed by atoms with Gasteiger partial charge in [0.15, 0.2) is 17.4 Å². The summed E-state index contributed by atoms with van der Waals surface area (Å²) in [5.41, 5.74) is 6.22. The van der Waals surface area contributed by atoms with Crippen molar-refractivity contribution in [3.63, 3.8) is 0 Å². The zero-order valence-corrected chi connectivity index (χ0v) is 10.4. The first-order valence-electron chi connectivity index (χ1n) is 6.00. The van der Waals surface area contributed by atoms with Gasteiger partial charge in [0, 0.05) is 12.5 Å². The van der Waals surface area contributed by atoms with E-state index in [1.807, 2.05) is 6.92 Å². The molecule has 2 nitrogen and oxygen atoms in total. The number of nitrogens with two attached hydrogens (primary N) is 1. The number of hydrogen-bond donors (Lipinski definition) is 1. The van der Waals surface area contributed by atoms with Gasteiger partial charge < -0.3 is 10.5 Å². The Kier molecular flexibility index (Phi) is 5.98. The van der Waals surface area contributed by atoms with E-state index in [0.29, 0.717) is 12.0 Å². The first-order chi connectivity index (χ1) is 8.58. The smallest absolute Gasteiger partial charge is 0.190 e. The van der Waals surface area contributed by atoms with E-state index >= 15 is 0 Å². The van der Waals surface area contributed by atoms with Crippen molar-refractivity contribution in [1.82, 2.24) is 0 Å². The van der Waals surface area contributed by atoms with Gasteiger partial charge in [0.1, 0.15) is 0 Å². The fourth-order valence-electron chi connectivity index (χ4n) is 1.54. The lowest BCUT2D eigenvalue weighted by Crippen LogP contribution is -2.21. The molecule has 0 aliphatic rings. The number of halogens is 3. The molecule has 18 heavy (non-hydrogen) atoms. The van der Waals surface area contributed by atoms with Crippen molar-refractivity contribution >= 4 is 0 Å². The summed E-state index contributed by atoms with van der Waals surface area (Å²) in [6, 6.07) is 2.30. The van der Waals surface area contributed by atoms with Crippen molar-refractivity contribution in [2.75, 3.05) is 13.3 Å². The van der Waals surface area contributed by atoms with Crippen LogP contribution in [-0.2, 0) is 6.42 Å². The Morgan fingerprint density at radius 3 is 2.39 bits per heavy atom. The zero-order chi connectivity index (χ0) is 13.5. The highest BCUT2D eigenvalue weighted by Crippen LogP contribution is 2.24. The molecule has 0 bridgehead atoms. The van der Waals surface area contributed by atoms with E-state index < -0.39 is 24.1 Å². The van der Waals surface area contributed by atoms with Crippen LogP contribution in [0.4, 0.5) is 13.2 Å². The van der Waals surface area contributed by atoms with Crippen molar-refractivity contribution in [3.8, 4) is 5.75 Å². The minimum atomic E-state index is -0.771. The van der Waals surface area contributed by atoms with E-state index in [9.17, 15) is 13.2 Å². The molecule has 2 N–H and O–H groups in total. The minimum absolute atomic E-state index is 0.0435. The van der Waals surface area contributed by atoms with Gasteiger partial charge in [-0.1, -0.05) is 6.92 Å². The van der Waals surface area contributed by atoms with Crippen molar-refractivity contribution in [1.29, 1.82) is 0 Å². The lowest BCUT2D eigenvalue weighted by molar-refractivity contribution is 0.264. The second-order valence-corrected chi connectivity index (χ2v) is 4.15.